The lowest BCUT2D eigenvalue weighted by Crippen LogP contribution is -2.06. The van der Waals surface area contributed by atoms with Crippen molar-refractivity contribution in [3.63, 3.8) is 0 Å². The minimum absolute atomic E-state index is 0. The normalized spacial score (nSPS) is 7.67. The monoisotopic (exact) mass is 168 g/mol. The summed E-state index contributed by atoms with van der Waals surface area (Å²) in [4.78, 5) is 10.9. The highest BCUT2D eigenvalue weighted by Crippen LogP contribution is 2.00. The van der Waals surface area contributed by atoms with Gasteiger partial charge in [-0.3, -0.25) is 0 Å². The van der Waals surface area contributed by atoms with Crippen molar-refractivity contribution in [2.24, 2.45) is 0 Å². The van der Waals surface area contributed by atoms with Gasteiger partial charge in [0.2, 0.25) is 0 Å². The fourth-order valence-electron chi connectivity index (χ4n) is 0.494. The molecule has 0 amide bonds. The molecule has 0 aliphatic rings. The first-order valence-corrected chi connectivity index (χ1v) is 3.29. The standard InChI is InChI=1S/C9H12O2.CH4/c1-4-6-8(3)9(10)11-7-5-2;/h4-5H,1-3,6-7H2;1H4. The van der Waals surface area contributed by atoms with Gasteiger partial charge in [0.05, 0.1) is 0 Å². The predicted octanol–water partition coefficient (Wildman–Crippen LogP) is 2.48. The SMILES string of the molecule is C.C=CCOC(=O)C(=C)CC=C. The molecule has 0 aliphatic heterocycles. The van der Waals surface area contributed by atoms with E-state index in [1.807, 2.05) is 0 Å². The van der Waals surface area contributed by atoms with Crippen LogP contribution in [-0.2, 0) is 9.53 Å². The molecule has 0 aliphatic carbocycles. The van der Waals surface area contributed by atoms with Crippen LogP contribution in [0.5, 0.6) is 0 Å². The second-order valence-corrected chi connectivity index (χ2v) is 1.98. The number of hydrogen-bond donors (Lipinski definition) is 0. The molecule has 0 N–H and O–H groups in total. The van der Waals surface area contributed by atoms with Gasteiger partial charge in [-0.2, -0.15) is 0 Å². The Hall–Kier alpha value is -1.31. The van der Waals surface area contributed by atoms with Gasteiger partial charge in [0.25, 0.3) is 0 Å². The molecule has 0 spiro atoms. The first kappa shape index (κ1) is 13.3. The summed E-state index contributed by atoms with van der Waals surface area (Å²) >= 11 is 0. The van der Waals surface area contributed by atoms with Crippen molar-refractivity contribution in [2.45, 2.75) is 13.8 Å². The predicted molar refractivity (Wildman–Crippen MR) is 51.8 cm³/mol. The highest BCUT2D eigenvalue weighted by Gasteiger charge is 2.04. The van der Waals surface area contributed by atoms with Gasteiger partial charge in [0.15, 0.2) is 0 Å². The summed E-state index contributed by atoms with van der Waals surface area (Å²) in [6.45, 7) is 10.6. The maximum absolute atomic E-state index is 10.9. The molecule has 0 rings (SSSR count). The first-order chi connectivity index (χ1) is 5.22. The van der Waals surface area contributed by atoms with Gasteiger partial charge in [-0.05, 0) is 6.42 Å². The maximum atomic E-state index is 10.9. The molecule has 2 nitrogen and oxygen atoms in total. The molecule has 0 unspecified atom stereocenters. The minimum atomic E-state index is -0.384. The molecule has 0 fully saturated rings. The maximum Gasteiger partial charge on any atom is 0.334 e. The third-order valence-corrected chi connectivity index (χ3v) is 1.01. The van der Waals surface area contributed by atoms with Crippen molar-refractivity contribution in [2.75, 3.05) is 6.61 Å². The van der Waals surface area contributed by atoms with Crippen molar-refractivity contribution in [3.8, 4) is 0 Å². The average Bonchev–Trinajstić information content (AvgIpc) is 2.00. The summed E-state index contributed by atoms with van der Waals surface area (Å²) < 4.78 is 4.70. The minimum Gasteiger partial charge on any atom is -0.458 e. The Labute approximate surface area is 74.2 Å². The zero-order valence-corrected chi connectivity index (χ0v) is 6.51. The molecule has 68 valence electrons. The fraction of sp³-hybridized carbons (Fsp3) is 0.300. The lowest BCUT2D eigenvalue weighted by molar-refractivity contribution is -0.137. The van der Waals surface area contributed by atoms with Gasteiger partial charge < -0.3 is 4.74 Å². The third kappa shape index (κ3) is 5.47. The lowest BCUT2D eigenvalue weighted by Gasteiger charge is -2.01. The van der Waals surface area contributed by atoms with Crippen molar-refractivity contribution < 1.29 is 9.53 Å². The Morgan fingerprint density at radius 1 is 1.33 bits per heavy atom. The Morgan fingerprint density at radius 3 is 2.33 bits per heavy atom. The Bertz CT molecular complexity index is 180. The summed E-state index contributed by atoms with van der Waals surface area (Å²) in [6, 6.07) is 0. The summed E-state index contributed by atoms with van der Waals surface area (Å²) in [5, 5.41) is 0. The van der Waals surface area contributed by atoms with Crippen LogP contribution in [0.25, 0.3) is 0 Å². The van der Waals surface area contributed by atoms with E-state index in [1.165, 1.54) is 6.08 Å². The van der Waals surface area contributed by atoms with Crippen LogP contribution < -0.4 is 0 Å². The van der Waals surface area contributed by atoms with Crippen LogP contribution in [0.1, 0.15) is 13.8 Å². The third-order valence-electron chi connectivity index (χ3n) is 1.01. The van der Waals surface area contributed by atoms with E-state index in [-0.39, 0.29) is 20.0 Å². The highest BCUT2D eigenvalue weighted by molar-refractivity contribution is 5.87. The fourth-order valence-corrected chi connectivity index (χ4v) is 0.494. The Balaban J connectivity index is 0. The highest BCUT2D eigenvalue weighted by atomic mass is 16.5. The lowest BCUT2D eigenvalue weighted by atomic mass is 10.2. The zero-order chi connectivity index (χ0) is 8.69. The van der Waals surface area contributed by atoms with E-state index in [0.717, 1.165) is 0 Å². The van der Waals surface area contributed by atoms with Crippen LogP contribution in [-0.4, -0.2) is 12.6 Å². The molecule has 0 bridgehead atoms. The zero-order valence-electron chi connectivity index (χ0n) is 6.51. The average molecular weight is 168 g/mol. The van der Waals surface area contributed by atoms with Gasteiger partial charge in [-0.15, -0.1) is 6.58 Å². The summed E-state index contributed by atoms with van der Waals surface area (Å²) in [5.41, 5.74) is 0.418. The van der Waals surface area contributed by atoms with Crippen LogP contribution in [0.3, 0.4) is 0 Å². The van der Waals surface area contributed by atoms with E-state index in [9.17, 15) is 4.79 Å². The molecule has 0 atom stereocenters. The molecule has 0 radical (unpaired) electrons. The van der Waals surface area contributed by atoms with Crippen LogP contribution in [0.2, 0.25) is 0 Å². The van der Waals surface area contributed by atoms with Gasteiger partial charge >= 0.3 is 5.97 Å². The summed E-state index contributed by atoms with van der Waals surface area (Å²) in [6.07, 6.45) is 3.59. The molecule has 0 aromatic heterocycles. The van der Waals surface area contributed by atoms with Gasteiger partial charge in [-0.25, -0.2) is 4.79 Å². The van der Waals surface area contributed by atoms with E-state index >= 15 is 0 Å². The Kier molecular flexibility index (Phi) is 8.63. The number of carbonyl (C=O) groups excluding carboxylic acids is 1. The van der Waals surface area contributed by atoms with E-state index < -0.39 is 0 Å². The first-order valence-electron chi connectivity index (χ1n) is 3.29. The number of hydrogen-bond acceptors (Lipinski definition) is 2. The van der Waals surface area contributed by atoms with E-state index in [2.05, 4.69) is 19.7 Å². The molecule has 0 saturated heterocycles. The Morgan fingerprint density at radius 2 is 1.92 bits per heavy atom. The molecule has 0 aromatic rings. The molecule has 0 aromatic carbocycles. The number of allylic oxidation sites excluding steroid dienone is 1. The largest absolute Gasteiger partial charge is 0.458 e. The van der Waals surface area contributed by atoms with Crippen molar-refractivity contribution in [3.05, 3.63) is 37.5 Å². The molecular formula is C10H16O2. The van der Waals surface area contributed by atoms with Crippen molar-refractivity contribution >= 4 is 5.97 Å². The second kappa shape index (κ2) is 7.79. The van der Waals surface area contributed by atoms with Crippen molar-refractivity contribution in [1.82, 2.24) is 0 Å². The molecular weight excluding hydrogens is 152 g/mol. The molecule has 0 heterocycles. The van der Waals surface area contributed by atoms with Crippen LogP contribution in [0, 0.1) is 0 Å². The summed E-state index contributed by atoms with van der Waals surface area (Å²) in [5.74, 6) is -0.384. The molecule has 12 heavy (non-hydrogen) atoms. The number of carbonyl (C=O) groups is 1. The van der Waals surface area contributed by atoms with Gasteiger partial charge in [0.1, 0.15) is 6.61 Å². The van der Waals surface area contributed by atoms with Crippen LogP contribution in [0.15, 0.2) is 37.5 Å². The van der Waals surface area contributed by atoms with E-state index in [4.69, 9.17) is 4.74 Å². The van der Waals surface area contributed by atoms with Crippen molar-refractivity contribution in [1.29, 1.82) is 0 Å². The van der Waals surface area contributed by atoms with E-state index in [0.29, 0.717) is 12.0 Å². The molecule has 2 heteroatoms. The molecule has 0 saturated carbocycles. The topological polar surface area (TPSA) is 26.3 Å². The second-order valence-electron chi connectivity index (χ2n) is 1.98. The number of esters is 1. The number of ether oxygens (including phenoxy) is 1. The smallest absolute Gasteiger partial charge is 0.334 e. The van der Waals surface area contributed by atoms with Gasteiger partial charge in [0, 0.05) is 5.57 Å². The number of rotatable bonds is 5. The summed E-state index contributed by atoms with van der Waals surface area (Å²) in [7, 11) is 0. The quantitative estimate of drug-likeness (QED) is 0.358. The van der Waals surface area contributed by atoms with E-state index in [1.54, 1.807) is 6.08 Å². The van der Waals surface area contributed by atoms with Crippen LogP contribution >= 0.6 is 0 Å². The van der Waals surface area contributed by atoms with Crippen LogP contribution in [0.4, 0.5) is 0 Å². The van der Waals surface area contributed by atoms with Gasteiger partial charge in [-0.1, -0.05) is 32.7 Å².